The summed E-state index contributed by atoms with van der Waals surface area (Å²) in [6.07, 6.45) is 0. The number of thioether (sulfide) groups is 1. The van der Waals surface area contributed by atoms with Gasteiger partial charge in [-0.25, -0.2) is 0 Å². The summed E-state index contributed by atoms with van der Waals surface area (Å²) >= 11 is 1.59. The van der Waals surface area contributed by atoms with Gasteiger partial charge in [0.15, 0.2) is 0 Å². The predicted molar refractivity (Wildman–Crippen MR) is 55.1 cm³/mol. The minimum absolute atomic E-state index is 0. The summed E-state index contributed by atoms with van der Waals surface area (Å²) in [5, 5.41) is 12.2. The molecule has 3 nitrogen and oxygen atoms in total. The lowest BCUT2D eigenvalue weighted by molar-refractivity contribution is -0.00000353. The van der Waals surface area contributed by atoms with E-state index in [1.165, 1.54) is 0 Å². The lowest BCUT2D eigenvalue weighted by atomic mass is 10.5. The summed E-state index contributed by atoms with van der Waals surface area (Å²) in [7, 11) is 0. The zero-order chi connectivity index (χ0) is 9.40. The van der Waals surface area contributed by atoms with Crippen molar-refractivity contribution in [2.24, 2.45) is 5.16 Å². The van der Waals surface area contributed by atoms with E-state index in [1.54, 1.807) is 11.8 Å². The van der Waals surface area contributed by atoms with Gasteiger partial charge in [-0.05, 0) is 20.0 Å². The lowest BCUT2D eigenvalue weighted by Crippen LogP contribution is -3.00. The summed E-state index contributed by atoms with van der Waals surface area (Å²) in [4.78, 5) is 2.34. The van der Waals surface area contributed by atoms with Gasteiger partial charge in [0.2, 0.25) is 0 Å². The number of rotatable bonds is 5. The third-order valence-electron chi connectivity index (χ3n) is 1.75. The maximum absolute atomic E-state index is 8.37. The minimum Gasteiger partial charge on any atom is -1.00 e. The van der Waals surface area contributed by atoms with E-state index in [0.29, 0.717) is 0 Å². The van der Waals surface area contributed by atoms with Gasteiger partial charge in [-0.2, -0.15) is 0 Å². The zero-order valence-corrected chi connectivity index (χ0v) is 10.0. The molecule has 0 spiro atoms. The Morgan fingerprint density at radius 3 is 2.31 bits per heavy atom. The number of halogens is 1. The molecule has 0 saturated heterocycles. The summed E-state index contributed by atoms with van der Waals surface area (Å²) in [5.41, 5.74) is 0. The monoisotopic (exact) mass is 225 g/mol. The molecule has 0 rings (SSSR count). The van der Waals surface area contributed by atoms with Crippen LogP contribution in [0.4, 0.5) is 0 Å². The fourth-order valence-corrected chi connectivity index (χ4v) is 1.59. The summed E-state index contributed by atoms with van der Waals surface area (Å²) in [5.74, 6) is 0.998. The first kappa shape index (κ1) is 15.5. The molecular weight excluding hydrogens is 208 g/mol. The highest BCUT2D eigenvalue weighted by molar-refractivity contribution is 8.13. The lowest BCUT2D eigenvalue weighted by Gasteiger charge is -2.16. The topological polar surface area (TPSA) is 35.8 Å². The highest BCUT2D eigenvalue weighted by Crippen LogP contribution is 2.03. The highest BCUT2D eigenvalue weighted by atomic mass is 35.5. The van der Waals surface area contributed by atoms with Crippen LogP contribution in [0.15, 0.2) is 5.16 Å². The van der Waals surface area contributed by atoms with Crippen molar-refractivity contribution in [3.8, 4) is 0 Å². The van der Waals surface area contributed by atoms with Crippen molar-refractivity contribution in [1.82, 2.24) is 4.90 Å². The molecule has 0 aromatic carbocycles. The first-order chi connectivity index (χ1) is 5.74. The Morgan fingerprint density at radius 1 is 1.38 bits per heavy atom. The minimum atomic E-state index is 0. The Morgan fingerprint density at radius 2 is 1.92 bits per heavy atom. The molecular formula is C8H18ClN2OS-. The fourth-order valence-electron chi connectivity index (χ4n) is 0.891. The van der Waals surface area contributed by atoms with Crippen LogP contribution in [0.25, 0.3) is 0 Å². The maximum Gasteiger partial charge on any atom is 0.109 e. The van der Waals surface area contributed by atoms with E-state index < -0.39 is 0 Å². The second-order valence-electron chi connectivity index (χ2n) is 2.49. The highest BCUT2D eigenvalue weighted by Gasteiger charge is 1.99. The van der Waals surface area contributed by atoms with E-state index in [0.717, 1.165) is 30.4 Å². The van der Waals surface area contributed by atoms with Crippen LogP contribution in [0.1, 0.15) is 20.8 Å². The molecule has 0 fully saturated rings. The van der Waals surface area contributed by atoms with Gasteiger partial charge in [0.05, 0.1) is 0 Å². The molecule has 13 heavy (non-hydrogen) atoms. The molecule has 5 heteroatoms. The smallest absolute Gasteiger partial charge is 0.109 e. The number of oxime groups is 1. The molecule has 0 unspecified atom stereocenters. The first-order valence-electron chi connectivity index (χ1n) is 4.28. The van der Waals surface area contributed by atoms with Crippen molar-refractivity contribution in [2.75, 3.05) is 25.4 Å². The average molecular weight is 226 g/mol. The molecule has 1 N–H and O–H groups in total. The standard InChI is InChI=1S/C8H18N2OS.ClH/c1-4-10(5-2)6-7-12-8(3)9-11;/h11H,4-7H2,1-3H3;1H/p-1/b9-8+;. The normalized spacial score (nSPS) is 11.5. The molecule has 80 valence electrons. The van der Waals surface area contributed by atoms with Gasteiger partial charge in [-0.15, -0.1) is 11.8 Å². The van der Waals surface area contributed by atoms with Gasteiger partial charge in [0.25, 0.3) is 0 Å². The maximum atomic E-state index is 8.37. The van der Waals surface area contributed by atoms with E-state index in [9.17, 15) is 0 Å². The van der Waals surface area contributed by atoms with Gasteiger partial charge in [0.1, 0.15) is 5.04 Å². The van der Waals surface area contributed by atoms with E-state index in [-0.39, 0.29) is 12.4 Å². The molecule has 0 bridgehead atoms. The Hall–Kier alpha value is 0.0700. The molecule has 0 radical (unpaired) electrons. The largest absolute Gasteiger partial charge is 1.00 e. The molecule has 0 aliphatic heterocycles. The van der Waals surface area contributed by atoms with Crippen LogP contribution >= 0.6 is 11.8 Å². The summed E-state index contributed by atoms with van der Waals surface area (Å²) in [6, 6.07) is 0. The van der Waals surface area contributed by atoms with Gasteiger partial charge in [-0.3, -0.25) is 0 Å². The molecule has 0 atom stereocenters. The predicted octanol–water partition coefficient (Wildman–Crippen LogP) is -1.13. The molecule has 0 aromatic rings. The van der Waals surface area contributed by atoms with Crippen LogP contribution in [0.3, 0.4) is 0 Å². The van der Waals surface area contributed by atoms with Crippen LogP contribution in [0.2, 0.25) is 0 Å². The second kappa shape index (κ2) is 10.2. The fraction of sp³-hybridized carbons (Fsp3) is 0.875. The molecule has 0 saturated carbocycles. The van der Waals surface area contributed by atoms with Crippen molar-refractivity contribution in [1.29, 1.82) is 0 Å². The van der Waals surface area contributed by atoms with Crippen LogP contribution in [-0.4, -0.2) is 40.5 Å². The van der Waals surface area contributed by atoms with Gasteiger partial charge in [-0.1, -0.05) is 19.0 Å². The van der Waals surface area contributed by atoms with E-state index in [4.69, 9.17) is 5.21 Å². The first-order valence-corrected chi connectivity index (χ1v) is 5.26. The number of nitrogens with zero attached hydrogens (tertiary/aromatic N) is 2. The zero-order valence-electron chi connectivity index (χ0n) is 8.46. The van der Waals surface area contributed by atoms with E-state index in [2.05, 4.69) is 23.9 Å². The quantitative estimate of drug-likeness (QED) is 0.279. The molecule has 0 amide bonds. The Labute approximate surface area is 91.0 Å². The molecule has 0 heterocycles. The molecule has 0 aliphatic rings. The third-order valence-corrected chi connectivity index (χ3v) is 2.64. The van der Waals surface area contributed by atoms with Crippen LogP contribution in [0.5, 0.6) is 0 Å². The Bertz CT molecular complexity index is 140. The second-order valence-corrected chi connectivity index (χ2v) is 3.78. The molecule has 0 aliphatic carbocycles. The third kappa shape index (κ3) is 8.40. The Balaban J connectivity index is 0. The number of hydrogen-bond acceptors (Lipinski definition) is 4. The van der Waals surface area contributed by atoms with Crippen LogP contribution < -0.4 is 12.4 Å². The van der Waals surface area contributed by atoms with Gasteiger partial charge >= 0.3 is 0 Å². The molecule has 0 aromatic heterocycles. The van der Waals surface area contributed by atoms with Gasteiger partial charge < -0.3 is 22.5 Å². The van der Waals surface area contributed by atoms with Crippen molar-refractivity contribution in [3.63, 3.8) is 0 Å². The Kier molecular flexibility index (Phi) is 12.1. The van der Waals surface area contributed by atoms with Crippen LogP contribution in [0, 0.1) is 0 Å². The van der Waals surface area contributed by atoms with Crippen molar-refractivity contribution < 1.29 is 17.6 Å². The van der Waals surface area contributed by atoms with Crippen molar-refractivity contribution >= 4 is 16.8 Å². The van der Waals surface area contributed by atoms with Crippen LogP contribution in [-0.2, 0) is 0 Å². The number of hydrogen-bond donors (Lipinski definition) is 1. The van der Waals surface area contributed by atoms with E-state index >= 15 is 0 Å². The summed E-state index contributed by atoms with van der Waals surface area (Å²) < 4.78 is 0. The van der Waals surface area contributed by atoms with E-state index in [1.807, 2.05) is 6.92 Å². The van der Waals surface area contributed by atoms with Gasteiger partial charge in [0, 0.05) is 12.3 Å². The van der Waals surface area contributed by atoms with Crippen molar-refractivity contribution in [2.45, 2.75) is 20.8 Å². The SMILES string of the molecule is CCN(CC)CCS/C(C)=N/O.[Cl-]. The van der Waals surface area contributed by atoms with Crippen molar-refractivity contribution in [3.05, 3.63) is 0 Å². The summed E-state index contributed by atoms with van der Waals surface area (Å²) in [6.45, 7) is 9.36. The average Bonchev–Trinajstić information content (AvgIpc) is 2.12.